The van der Waals surface area contributed by atoms with Crippen molar-refractivity contribution in [1.82, 2.24) is 10.0 Å². The monoisotopic (exact) mass is 211 g/mol. The van der Waals surface area contributed by atoms with Crippen molar-refractivity contribution in [2.75, 3.05) is 13.1 Å². The standard InChI is InChI=1S/C11H21N3O/c1-11(2,12)8-13-7-3-4-10(15)14(13)9-5-6-9/h9H,3-8,12H2,1-2H3. The van der Waals surface area contributed by atoms with Gasteiger partial charge in [-0.2, -0.15) is 0 Å². The quantitative estimate of drug-likeness (QED) is 0.748. The molecule has 0 bridgehead atoms. The lowest BCUT2D eigenvalue weighted by atomic mass is 10.1. The molecular weight excluding hydrogens is 190 g/mol. The number of amides is 1. The second-order valence-electron chi connectivity index (χ2n) is 5.45. The van der Waals surface area contributed by atoms with Gasteiger partial charge in [-0.1, -0.05) is 0 Å². The molecule has 1 aliphatic heterocycles. The Morgan fingerprint density at radius 3 is 2.67 bits per heavy atom. The summed E-state index contributed by atoms with van der Waals surface area (Å²) < 4.78 is 0. The van der Waals surface area contributed by atoms with Gasteiger partial charge in [-0.15, -0.1) is 0 Å². The Morgan fingerprint density at radius 2 is 2.13 bits per heavy atom. The molecule has 2 rings (SSSR count). The molecule has 4 heteroatoms. The summed E-state index contributed by atoms with van der Waals surface area (Å²) in [5.74, 6) is 0.285. The number of carbonyl (C=O) groups is 1. The Hall–Kier alpha value is -0.610. The van der Waals surface area contributed by atoms with Crippen LogP contribution < -0.4 is 5.73 Å². The first-order valence-corrected chi connectivity index (χ1v) is 5.83. The van der Waals surface area contributed by atoms with Gasteiger partial charge in [0.15, 0.2) is 0 Å². The first-order valence-electron chi connectivity index (χ1n) is 5.83. The molecule has 1 saturated carbocycles. The van der Waals surface area contributed by atoms with Crippen molar-refractivity contribution in [2.45, 2.75) is 51.1 Å². The van der Waals surface area contributed by atoms with E-state index in [1.54, 1.807) is 0 Å². The van der Waals surface area contributed by atoms with Crippen LogP contribution >= 0.6 is 0 Å². The second-order valence-corrected chi connectivity index (χ2v) is 5.45. The summed E-state index contributed by atoms with van der Waals surface area (Å²) in [5.41, 5.74) is 5.78. The first kappa shape index (κ1) is 10.9. The van der Waals surface area contributed by atoms with Gasteiger partial charge in [0.05, 0.1) is 0 Å². The van der Waals surface area contributed by atoms with Crippen LogP contribution in [0.25, 0.3) is 0 Å². The Morgan fingerprint density at radius 1 is 1.47 bits per heavy atom. The molecule has 0 aromatic heterocycles. The second kappa shape index (κ2) is 3.76. The van der Waals surface area contributed by atoms with Gasteiger partial charge in [0, 0.05) is 31.1 Å². The summed E-state index contributed by atoms with van der Waals surface area (Å²) >= 11 is 0. The zero-order chi connectivity index (χ0) is 11.1. The van der Waals surface area contributed by atoms with Gasteiger partial charge in [0.2, 0.25) is 5.91 Å². The largest absolute Gasteiger partial charge is 0.324 e. The first-order chi connectivity index (χ1) is 6.97. The van der Waals surface area contributed by atoms with Crippen molar-refractivity contribution in [3.05, 3.63) is 0 Å². The molecule has 1 aliphatic carbocycles. The van der Waals surface area contributed by atoms with E-state index in [0.29, 0.717) is 12.5 Å². The minimum atomic E-state index is -0.231. The van der Waals surface area contributed by atoms with Crippen LogP contribution in [0.15, 0.2) is 0 Å². The van der Waals surface area contributed by atoms with Crippen molar-refractivity contribution in [2.24, 2.45) is 5.73 Å². The van der Waals surface area contributed by atoms with E-state index in [-0.39, 0.29) is 11.4 Å². The number of rotatable bonds is 3. The van der Waals surface area contributed by atoms with E-state index in [1.807, 2.05) is 18.9 Å². The van der Waals surface area contributed by atoms with Crippen LogP contribution in [0, 0.1) is 0 Å². The fourth-order valence-electron chi connectivity index (χ4n) is 2.17. The third kappa shape index (κ3) is 2.69. The number of nitrogens with two attached hydrogens (primary N) is 1. The van der Waals surface area contributed by atoms with Crippen LogP contribution in [0.1, 0.15) is 39.5 Å². The molecular formula is C11H21N3O. The van der Waals surface area contributed by atoms with Gasteiger partial charge in [-0.3, -0.25) is 9.80 Å². The Labute approximate surface area is 91.4 Å². The maximum absolute atomic E-state index is 11.8. The zero-order valence-electron chi connectivity index (χ0n) is 9.70. The molecule has 1 heterocycles. The highest BCUT2D eigenvalue weighted by Crippen LogP contribution is 2.31. The molecule has 0 aromatic rings. The maximum Gasteiger partial charge on any atom is 0.237 e. The third-order valence-electron chi connectivity index (χ3n) is 2.85. The van der Waals surface area contributed by atoms with E-state index in [0.717, 1.165) is 32.4 Å². The lowest BCUT2D eigenvalue weighted by Gasteiger charge is -2.41. The number of carbonyl (C=O) groups excluding carboxylic acids is 1. The fourth-order valence-corrected chi connectivity index (χ4v) is 2.17. The minimum Gasteiger partial charge on any atom is -0.324 e. The highest BCUT2D eigenvalue weighted by Gasteiger charge is 2.39. The summed E-state index contributed by atoms with van der Waals surface area (Å²) in [7, 11) is 0. The smallest absolute Gasteiger partial charge is 0.237 e. The average molecular weight is 211 g/mol. The fraction of sp³-hybridized carbons (Fsp3) is 0.909. The number of hydrazine groups is 1. The summed E-state index contributed by atoms with van der Waals surface area (Å²) in [6.07, 6.45) is 4.00. The van der Waals surface area contributed by atoms with Gasteiger partial charge in [0.1, 0.15) is 0 Å². The Balaban J connectivity index is 2.03. The summed E-state index contributed by atoms with van der Waals surface area (Å²) in [5, 5.41) is 4.13. The van der Waals surface area contributed by atoms with Crippen molar-refractivity contribution >= 4 is 5.91 Å². The SMILES string of the molecule is CC(C)(N)CN1CCCC(=O)N1C1CC1. The molecule has 4 nitrogen and oxygen atoms in total. The number of nitrogens with zero attached hydrogens (tertiary/aromatic N) is 2. The van der Waals surface area contributed by atoms with Crippen molar-refractivity contribution in [3.63, 3.8) is 0 Å². The van der Waals surface area contributed by atoms with E-state index in [9.17, 15) is 4.79 Å². The molecule has 2 N–H and O–H groups in total. The van der Waals surface area contributed by atoms with E-state index in [4.69, 9.17) is 5.73 Å². The van der Waals surface area contributed by atoms with Crippen LogP contribution in [0.3, 0.4) is 0 Å². The van der Waals surface area contributed by atoms with Crippen LogP contribution in [0.4, 0.5) is 0 Å². The number of hydrogen-bond acceptors (Lipinski definition) is 3. The average Bonchev–Trinajstić information content (AvgIpc) is 2.84. The predicted molar refractivity (Wildman–Crippen MR) is 58.9 cm³/mol. The maximum atomic E-state index is 11.8. The van der Waals surface area contributed by atoms with Crippen LogP contribution in [-0.2, 0) is 4.79 Å². The topological polar surface area (TPSA) is 49.6 Å². The molecule has 0 radical (unpaired) electrons. The highest BCUT2D eigenvalue weighted by atomic mass is 16.2. The summed E-state index contributed by atoms with van der Waals surface area (Å²) in [6, 6.07) is 0.472. The minimum absolute atomic E-state index is 0.231. The van der Waals surface area contributed by atoms with E-state index in [1.165, 1.54) is 0 Å². The molecule has 0 unspecified atom stereocenters. The van der Waals surface area contributed by atoms with E-state index >= 15 is 0 Å². The van der Waals surface area contributed by atoms with E-state index in [2.05, 4.69) is 5.01 Å². The number of hydrogen-bond donors (Lipinski definition) is 1. The van der Waals surface area contributed by atoms with Crippen molar-refractivity contribution < 1.29 is 4.79 Å². The molecule has 0 spiro atoms. The van der Waals surface area contributed by atoms with Gasteiger partial charge in [-0.05, 0) is 33.1 Å². The Kier molecular flexibility index (Phi) is 2.73. The van der Waals surface area contributed by atoms with Gasteiger partial charge in [-0.25, -0.2) is 5.01 Å². The molecule has 2 aliphatic rings. The molecule has 86 valence electrons. The van der Waals surface area contributed by atoms with Crippen LogP contribution in [-0.4, -0.2) is 40.6 Å². The zero-order valence-corrected chi connectivity index (χ0v) is 9.70. The molecule has 15 heavy (non-hydrogen) atoms. The Bertz CT molecular complexity index is 255. The normalized spacial score (nSPS) is 24.7. The highest BCUT2D eigenvalue weighted by molar-refractivity contribution is 5.77. The summed E-state index contributed by atoms with van der Waals surface area (Å²) in [6.45, 7) is 5.77. The van der Waals surface area contributed by atoms with Gasteiger partial charge >= 0.3 is 0 Å². The van der Waals surface area contributed by atoms with Crippen LogP contribution in [0.5, 0.6) is 0 Å². The van der Waals surface area contributed by atoms with Crippen LogP contribution in [0.2, 0.25) is 0 Å². The van der Waals surface area contributed by atoms with Gasteiger partial charge < -0.3 is 5.73 Å². The lowest BCUT2D eigenvalue weighted by Crippen LogP contribution is -2.57. The van der Waals surface area contributed by atoms with Crippen molar-refractivity contribution in [3.8, 4) is 0 Å². The molecule has 2 fully saturated rings. The third-order valence-corrected chi connectivity index (χ3v) is 2.85. The summed E-state index contributed by atoms with van der Waals surface area (Å²) in [4.78, 5) is 11.8. The predicted octanol–water partition coefficient (Wildman–Crippen LogP) is 0.725. The molecule has 1 amide bonds. The lowest BCUT2D eigenvalue weighted by molar-refractivity contribution is -0.158. The van der Waals surface area contributed by atoms with E-state index < -0.39 is 0 Å². The molecule has 0 atom stereocenters. The molecule has 1 saturated heterocycles. The van der Waals surface area contributed by atoms with Crippen molar-refractivity contribution in [1.29, 1.82) is 0 Å². The van der Waals surface area contributed by atoms with Gasteiger partial charge in [0.25, 0.3) is 0 Å². The molecule has 0 aromatic carbocycles.